The van der Waals surface area contributed by atoms with Gasteiger partial charge in [0.2, 0.25) is 5.78 Å². The van der Waals surface area contributed by atoms with Gasteiger partial charge in [-0.25, -0.2) is 0 Å². The van der Waals surface area contributed by atoms with Crippen LogP contribution in [0.4, 0.5) is 0 Å². The second-order valence-electron chi connectivity index (χ2n) is 6.47. The first-order chi connectivity index (χ1) is 12.2. The summed E-state index contributed by atoms with van der Waals surface area (Å²) in [4.78, 5) is 28.7. The summed E-state index contributed by atoms with van der Waals surface area (Å²) >= 11 is 0. The van der Waals surface area contributed by atoms with Crippen LogP contribution < -0.4 is 0 Å². The number of aromatic amines is 1. The summed E-state index contributed by atoms with van der Waals surface area (Å²) in [5, 5.41) is 0.841. The third-order valence-electron chi connectivity index (χ3n) is 4.87. The quantitative estimate of drug-likeness (QED) is 0.555. The number of carbonyl (C=O) groups is 2. The number of H-pyrrole nitrogens is 1. The fourth-order valence-electron chi connectivity index (χ4n) is 3.17. The predicted octanol–water partition coefficient (Wildman–Crippen LogP) is 4.44. The largest absolute Gasteiger partial charge is 0.449 e. The topological polar surface area (TPSA) is 59.2 Å². The zero-order chi connectivity index (χ0) is 17.2. The molecule has 4 nitrogen and oxygen atoms in total. The number of para-hydroxylation sites is 1. The summed E-state index contributed by atoms with van der Waals surface area (Å²) in [6.07, 6.45) is 3.53. The van der Waals surface area contributed by atoms with Gasteiger partial charge in [0.15, 0.2) is 6.10 Å². The van der Waals surface area contributed by atoms with Crippen molar-refractivity contribution >= 4 is 22.7 Å². The fourth-order valence-corrected chi connectivity index (χ4v) is 3.17. The molecule has 0 aliphatic heterocycles. The number of ether oxygens (including phenoxy) is 1. The highest BCUT2D eigenvalue weighted by Crippen LogP contribution is 2.32. The molecule has 1 heterocycles. The van der Waals surface area contributed by atoms with Gasteiger partial charge in [0.25, 0.3) is 0 Å². The minimum Gasteiger partial charge on any atom is -0.449 e. The van der Waals surface area contributed by atoms with Crippen LogP contribution in [0.25, 0.3) is 10.9 Å². The van der Waals surface area contributed by atoms with E-state index in [-0.39, 0.29) is 17.7 Å². The Hall–Kier alpha value is -2.88. The van der Waals surface area contributed by atoms with Crippen LogP contribution in [-0.2, 0) is 9.53 Å². The number of fused-ring (bicyclic) bond motifs is 1. The van der Waals surface area contributed by atoms with E-state index in [1.54, 1.807) is 6.20 Å². The van der Waals surface area contributed by atoms with Crippen molar-refractivity contribution in [2.75, 3.05) is 0 Å². The molecule has 1 aromatic heterocycles. The molecule has 0 amide bonds. The molecule has 1 saturated carbocycles. The Bertz CT molecular complexity index is 909. The fraction of sp³-hybridized carbons (Fsp3) is 0.238. The van der Waals surface area contributed by atoms with Gasteiger partial charge in [-0.05, 0) is 18.9 Å². The summed E-state index contributed by atoms with van der Waals surface area (Å²) in [5.41, 5.74) is 2.14. The number of esters is 1. The molecule has 0 radical (unpaired) electrons. The van der Waals surface area contributed by atoms with E-state index in [4.69, 9.17) is 4.74 Å². The molecule has 1 atom stereocenters. The van der Waals surface area contributed by atoms with Gasteiger partial charge in [-0.1, -0.05) is 55.0 Å². The molecule has 0 spiro atoms. The lowest BCUT2D eigenvalue weighted by Crippen LogP contribution is -2.28. The molecule has 2 aromatic carbocycles. The highest BCUT2D eigenvalue weighted by Gasteiger charge is 2.33. The number of Topliss-reactive ketones (excluding diaryl/α,β-unsaturated/α-hetero) is 1. The van der Waals surface area contributed by atoms with Crippen molar-refractivity contribution in [3.8, 4) is 0 Å². The van der Waals surface area contributed by atoms with Crippen molar-refractivity contribution in [2.45, 2.75) is 25.4 Å². The van der Waals surface area contributed by atoms with Crippen LogP contribution in [0.2, 0.25) is 0 Å². The number of ketones is 1. The number of carbonyl (C=O) groups excluding carboxylic acids is 2. The van der Waals surface area contributed by atoms with Gasteiger partial charge in [0.1, 0.15) is 0 Å². The first-order valence-electron chi connectivity index (χ1n) is 8.60. The Labute approximate surface area is 145 Å². The Morgan fingerprint density at radius 1 is 1.00 bits per heavy atom. The molecule has 0 bridgehead atoms. The van der Waals surface area contributed by atoms with Gasteiger partial charge in [-0.3, -0.25) is 9.59 Å². The molecular weight excluding hydrogens is 314 g/mol. The summed E-state index contributed by atoms with van der Waals surface area (Å²) in [6, 6.07) is 16.9. The molecule has 1 N–H and O–H groups in total. The minimum absolute atomic E-state index is 0.0676. The Morgan fingerprint density at radius 2 is 1.72 bits per heavy atom. The van der Waals surface area contributed by atoms with Crippen LogP contribution in [0.1, 0.15) is 41.3 Å². The van der Waals surface area contributed by atoms with E-state index in [1.165, 1.54) is 0 Å². The van der Waals surface area contributed by atoms with Gasteiger partial charge in [0.05, 0.1) is 5.92 Å². The lowest BCUT2D eigenvalue weighted by atomic mass is 9.85. The smallest absolute Gasteiger partial charge is 0.310 e. The summed E-state index contributed by atoms with van der Waals surface area (Å²) in [6.45, 7) is 0. The molecular formula is C21H19NO3. The number of aromatic nitrogens is 1. The lowest BCUT2D eigenvalue weighted by molar-refractivity contribution is -0.155. The Kier molecular flexibility index (Phi) is 4.10. The SMILES string of the molecule is O=C(O[C@H](C(=O)c1c[nH]c2ccccc12)c1ccccc1)C1CCC1. The molecule has 3 aromatic rings. The van der Waals surface area contributed by atoms with Crippen molar-refractivity contribution in [1.29, 1.82) is 0 Å². The average molecular weight is 333 g/mol. The summed E-state index contributed by atoms with van der Waals surface area (Å²) in [5.74, 6) is -0.536. The van der Waals surface area contributed by atoms with Gasteiger partial charge in [-0.15, -0.1) is 0 Å². The van der Waals surface area contributed by atoms with Gasteiger partial charge in [-0.2, -0.15) is 0 Å². The third-order valence-corrected chi connectivity index (χ3v) is 4.87. The first-order valence-corrected chi connectivity index (χ1v) is 8.60. The Morgan fingerprint density at radius 3 is 2.44 bits per heavy atom. The zero-order valence-corrected chi connectivity index (χ0v) is 13.8. The molecule has 0 unspecified atom stereocenters. The predicted molar refractivity (Wildman–Crippen MR) is 95.2 cm³/mol. The van der Waals surface area contributed by atoms with Crippen LogP contribution in [0, 0.1) is 5.92 Å². The van der Waals surface area contributed by atoms with Crippen molar-refractivity contribution in [2.24, 2.45) is 5.92 Å². The van der Waals surface area contributed by atoms with Crippen LogP contribution in [0.15, 0.2) is 60.8 Å². The maximum Gasteiger partial charge on any atom is 0.310 e. The van der Waals surface area contributed by atoms with E-state index >= 15 is 0 Å². The molecule has 0 saturated heterocycles. The maximum absolute atomic E-state index is 13.2. The highest BCUT2D eigenvalue weighted by molar-refractivity contribution is 6.10. The van der Waals surface area contributed by atoms with E-state index in [2.05, 4.69) is 4.98 Å². The maximum atomic E-state index is 13.2. The number of nitrogens with one attached hydrogen (secondary N) is 1. The second kappa shape index (κ2) is 6.55. The van der Waals surface area contributed by atoms with Crippen molar-refractivity contribution in [3.05, 3.63) is 71.9 Å². The Balaban J connectivity index is 1.69. The molecule has 4 heteroatoms. The molecule has 1 aliphatic carbocycles. The summed E-state index contributed by atoms with van der Waals surface area (Å²) < 4.78 is 5.67. The van der Waals surface area contributed by atoms with Gasteiger partial charge >= 0.3 is 5.97 Å². The molecule has 1 aliphatic rings. The van der Waals surface area contributed by atoms with Crippen LogP contribution in [-0.4, -0.2) is 16.7 Å². The van der Waals surface area contributed by atoms with Crippen LogP contribution in [0.3, 0.4) is 0 Å². The molecule has 1 fully saturated rings. The van der Waals surface area contributed by atoms with E-state index in [0.29, 0.717) is 11.1 Å². The van der Waals surface area contributed by atoms with Gasteiger partial charge < -0.3 is 9.72 Å². The van der Waals surface area contributed by atoms with Crippen molar-refractivity contribution in [1.82, 2.24) is 4.98 Å². The van der Waals surface area contributed by atoms with Crippen molar-refractivity contribution in [3.63, 3.8) is 0 Å². The average Bonchev–Trinajstić information content (AvgIpc) is 3.02. The normalized spacial score (nSPS) is 15.5. The zero-order valence-electron chi connectivity index (χ0n) is 13.8. The molecule has 126 valence electrons. The van der Waals surface area contributed by atoms with E-state index in [0.717, 1.165) is 30.2 Å². The first kappa shape index (κ1) is 15.6. The van der Waals surface area contributed by atoms with E-state index in [9.17, 15) is 9.59 Å². The van der Waals surface area contributed by atoms with Gasteiger partial charge in [0, 0.05) is 28.2 Å². The van der Waals surface area contributed by atoms with Crippen molar-refractivity contribution < 1.29 is 14.3 Å². The van der Waals surface area contributed by atoms with Crippen LogP contribution >= 0.6 is 0 Å². The summed E-state index contributed by atoms with van der Waals surface area (Å²) in [7, 11) is 0. The van der Waals surface area contributed by atoms with E-state index < -0.39 is 6.10 Å². The molecule has 4 rings (SSSR count). The number of rotatable bonds is 5. The second-order valence-corrected chi connectivity index (χ2v) is 6.47. The number of benzene rings is 2. The molecule has 25 heavy (non-hydrogen) atoms. The minimum atomic E-state index is -0.909. The van der Waals surface area contributed by atoms with E-state index in [1.807, 2.05) is 54.6 Å². The van der Waals surface area contributed by atoms with Crippen LogP contribution in [0.5, 0.6) is 0 Å². The third kappa shape index (κ3) is 2.95. The number of hydrogen-bond donors (Lipinski definition) is 1. The lowest BCUT2D eigenvalue weighted by Gasteiger charge is -2.26. The number of hydrogen-bond acceptors (Lipinski definition) is 3. The monoisotopic (exact) mass is 333 g/mol. The highest BCUT2D eigenvalue weighted by atomic mass is 16.5. The standard InChI is InChI=1S/C21H19NO3/c23-19(17-13-22-18-12-5-4-11-16(17)18)20(14-7-2-1-3-8-14)25-21(24)15-9-6-10-15/h1-5,7-8,11-13,15,20,22H,6,9-10H2/t20-/m0/s1.